The number of thiazole rings is 1. The van der Waals surface area contributed by atoms with Gasteiger partial charge in [-0.2, -0.15) is 5.10 Å². The standard InChI is InChI=1S/C17H14N6S/c1-23-10-13(9-19-23)20-17-18-8-7-14(22-17)16-21-15(11-24-16)12-5-3-2-4-6-12/h2-11H,1H3,(H,18,20,22). The third-order valence-corrected chi connectivity index (χ3v) is 4.27. The highest BCUT2D eigenvalue weighted by Crippen LogP contribution is 2.28. The van der Waals surface area contributed by atoms with Gasteiger partial charge in [0, 0.05) is 30.4 Å². The molecular weight excluding hydrogens is 320 g/mol. The molecule has 0 fully saturated rings. The molecule has 0 atom stereocenters. The number of rotatable bonds is 4. The van der Waals surface area contributed by atoms with Crippen molar-refractivity contribution < 1.29 is 0 Å². The van der Waals surface area contributed by atoms with Gasteiger partial charge in [0.1, 0.15) is 10.7 Å². The Hall–Kier alpha value is -3.06. The Balaban J connectivity index is 1.61. The van der Waals surface area contributed by atoms with Crippen LogP contribution in [0.3, 0.4) is 0 Å². The first kappa shape index (κ1) is 14.5. The molecule has 1 N–H and O–H groups in total. The minimum Gasteiger partial charge on any atom is -0.321 e. The van der Waals surface area contributed by atoms with Crippen molar-refractivity contribution in [3.05, 3.63) is 60.4 Å². The molecule has 4 rings (SSSR count). The maximum Gasteiger partial charge on any atom is 0.227 e. The lowest BCUT2D eigenvalue weighted by Crippen LogP contribution is -1.97. The van der Waals surface area contributed by atoms with Crippen LogP contribution in [0.25, 0.3) is 22.0 Å². The molecular formula is C17H14N6S. The van der Waals surface area contributed by atoms with Crippen LogP contribution in [-0.2, 0) is 7.05 Å². The van der Waals surface area contributed by atoms with E-state index in [-0.39, 0.29) is 0 Å². The van der Waals surface area contributed by atoms with E-state index in [1.165, 1.54) is 0 Å². The smallest absolute Gasteiger partial charge is 0.227 e. The number of aryl methyl sites for hydroxylation is 1. The minimum absolute atomic E-state index is 0.525. The minimum atomic E-state index is 0.525. The van der Waals surface area contributed by atoms with E-state index in [0.29, 0.717) is 5.95 Å². The Morgan fingerprint density at radius 1 is 1.04 bits per heavy atom. The molecule has 1 aromatic carbocycles. The fourth-order valence-corrected chi connectivity index (χ4v) is 3.08. The number of nitrogens with zero attached hydrogens (tertiary/aromatic N) is 5. The van der Waals surface area contributed by atoms with E-state index in [2.05, 4.69) is 25.4 Å². The van der Waals surface area contributed by atoms with Crippen LogP contribution in [0.5, 0.6) is 0 Å². The van der Waals surface area contributed by atoms with Crippen molar-refractivity contribution in [3.63, 3.8) is 0 Å². The second kappa shape index (κ2) is 6.21. The number of anilines is 2. The van der Waals surface area contributed by atoms with E-state index in [4.69, 9.17) is 0 Å². The molecule has 4 aromatic rings. The maximum absolute atomic E-state index is 4.69. The summed E-state index contributed by atoms with van der Waals surface area (Å²) >= 11 is 1.57. The summed E-state index contributed by atoms with van der Waals surface area (Å²) in [4.78, 5) is 13.5. The van der Waals surface area contributed by atoms with Crippen molar-refractivity contribution in [2.24, 2.45) is 7.05 Å². The molecule has 3 aromatic heterocycles. The highest BCUT2D eigenvalue weighted by atomic mass is 32.1. The Bertz CT molecular complexity index is 960. The van der Waals surface area contributed by atoms with E-state index >= 15 is 0 Å². The summed E-state index contributed by atoms with van der Waals surface area (Å²) in [6.45, 7) is 0. The van der Waals surface area contributed by atoms with Crippen molar-refractivity contribution >= 4 is 23.0 Å². The Labute approximate surface area is 142 Å². The molecule has 24 heavy (non-hydrogen) atoms. The van der Waals surface area contributed by atoms with Crippen molar-refractivity contribution in [3.8, 4) is 22.0 Å². The first-order chi connectivity index (χ1) is 11.8. The van der Waals surface area contributed by atoms with Gasteiger partial charge in [0.25, 0.3) is 0 Å². The molecule has 0 unspecified atom stereocenters. The molecule has 0 radical (unpaired) electrons. The fourth-order valence-electron chi connectivity index (χ4n) is 2.29. The van der Waals surface area contributed by atoms with Crippen LogP contribution in [0.4, 0.5) is 11.6 Å². The lowest BCUT2D eigenvalue weighted by atomic mass is 10.2. The SMILES string of the molecule is Cn1cc(Nc2nccc(-c3nc(-c4ccccc4)cs3)n2)cn1. The zero-order valence-electron chi connectivity index (χ0n) is 12.9. The van der Waals surface area contributed by atoms with Gasteiger partial charge >= 0.3 is 0 Å². The number of benzene rings is 1. The Kier molecular flexibility index (Phi) is 3.76. The van der Waals surface area contributed by atoms with E-state index in [1.807, 2.05) is 55.0 Å². The van der Waals surface area contributed by atoms with Crippen LogP contribution in [0.2, 0.25) is 0 Å². The first-order valence-corrected chi connectivity index (χ1v) is 8.26. The molecule has 0 amide bonds. The highest BCUT2D eigenvalue weighted by molar-refractivity contribution is 7.13. The molecule has 7 heteroatoms. The summed E-state index contributed by atoms with van der Waals surface area (Å²) in [5.41, 5.74) is 3.70. The van der Waals surface area contributed by atoms with Crippen LogP contribution < -0.4 is 5.32 Å². The summed E-state index contributed by atoms with van der Waals surface area (Å²) in [6.07, 6.45) is 5.32. The maximum atomic E-state index is 4.69. The molecule has 3 heterocycles. The van der Waals surface area contributed by atoms with Gasteiger partial charge in [-0.05, 0) is 6.07 Å². The molecule has 0 spiro atoms. The summed E-state index contributed by atoms with van der Waals surface area (Å²) in [5.74, 6) is 0.525. The summed E-state index contributed by atoms with van der Waals surface area (Å²) in [7, 11) is 1.86. The number of hydrogen-bond acceptors (Lipinski definition) is 6. The normalized spacial score (nSPS) is 10.7. The summed E-state index contributed by atoms with van der Waals surface area (Å²) in [6, 6.07) is 12.0. The predicted octanol–water partition coefficient (Wildman–Crippen LogP) is 3.74. The Morgan fingerprint density at radius 3 is 2.71 bits per heavy atom. The van der Waals surface area contributed by atoms with E-state index in [0.717, 1.165) is 27.6 Å². The van der Waals surface area contributed by atoms with Gasteiger partial charge < -0.3 is 5.32 Å². The monoisotopic (exact) mass is 334 g/mol. The molecule has 0 aliphatic heterocycles. The number of aromatic nitrogens is 5. The quantitative estimate of drug-likeness (QED) is 0.616. The first-order valence-electron chi connectivity index (χ1n) is 7.38. The lowest BCUT2D eigenvalue weighted by Gasteiger charge is -2.02. The van der Waals surface area contributed by atoms with Crippen molar-refractivity contribution in [1.82, 2.24) is 24.7 Å². The largest absolute Gasteiger partial charge is 0.321 e. The summed E-state index contributed by atoms with van der Waals surface area (Å²) in [5, 5.41) is 10.2. The molecule has 0 aliphatic carbocycles. The molecule has 0 bridgehead atoms. The van der Waals surface area contributed by atoms with E-state index in [1.54, 1.807) is 28.4 Å². The van der Waals surface area contributed by atoms with Gasteiger partial charge in [0.2, 0.25) is 5.95 Å². The summed E-state index contributed by atoms with van der Waals surface area (Å²) < 4.78 is 1.72. The van der Waals surface area contributed by atoms with Gasteiger partial charge in [-0.1, -0.05) is 30.3 Å². The van der Waals surface area contributed by atoms with Crippen LogP contribution in [0, 0.1) is 0 Å². The van der Waals surface area contributed by atoms with Crippen molar-refractivity contribution in [2.45, 2.75) is 0 Å². The van der Waals surface area contributed by atoms with Crippen LogP contribution in [-0.4, -0.2) is 24.7 Å². The topological polar surface area (TPSA) is 68.5 Å². The third-order valence-electron chi connectivity index (χ3n) is 3.41. The van der Waals surface area contributed by atoms with Crippen molar-refractivity contribution in [2.75, 3.05) is 5.32 Å². The second-order valence-electron chi connectivity index (χ2n) is 5.20. The molecule has 0 saturated carbocycles. The zero-order valence-corrected chi connectivity index (χ0v) is 13.7. The van der Waals surface area contributed by atoms with E-state index < -0.39 is 0 Å². The lowest BCUT2D eigenvalue weighted by molar-refractivity contribution is 0.768. The molecule has 0 saturated heterocycles. The van der Waals surface area contributed by atoms with Crippen LogP contribution in [0.15, 0.2) is 60.4 Å². The average Bonchev–Trinajstić information content (AvgIpc) is 3.25. The average molecular weight is 334 g/mol. The molecule has 0 aliphatic rings. The van der Waals surface area contributed by atoms with Gasteiger partial charge in [-0.25, -0.2) is 15.0 Å². The van der Waals surface area contributed by atoms with Crippen LogP contribution in [0.1, 0.15) is 0 Å². The zero-order chi connectivity index (χ0) is 16.4. The van der Waals surface area contributed by atoms with Gasteiger partial charge in [-0.15, -0.1) is 11.3 Å². The van der Waals surface area contributed by atoms with Gasteiger partial charge in [0.05, 0.1) is 17.6 Å². The van der Waals surface area contributed by atoms with Crippen molar-refractivity contribution in [1.29, 1.82) is 0 Å². The van der Waals surface area contributed by atoms with E-state index in [9.17, 15) is 0 Å². The molecule has 6 nitrogen and oxygen atoms in total. The van der Waals surface area contributed by atoms with Gasteiger partial charge in [0.15, 0.2) is 0 Å². The third kappa shape index (κ3) is 3.02. The number of hydrogen-bond donors (Lipinski definition) is 1. The predicted molar refractivity (Wildman–Crippen MR) is 95.1 cm³/mol. The molecule has 118 valence electrons. The fraction of sp³-hybridized carbons (Fsp3) is 0.0588. The van der Waals surface area contributed by atoms with Crippen LogP contribution >= 0.6 is 11.3 Å². The highest BCUT2D eigenvalue weighted by Gasteiger charge is 2.09. The second-order valence-corrected chi connectivity index (χ2v) is 6.06. The van der Waals surface area contributed by atoms with Gasteiger partial charge in [-0.3, -0.25) is 4.68 Å². The number of nitrogens with one attached hydrogen (secondary N) is 1. The Morgan fingerprint density at radius 2 is 1.92 bits per heavy atom.